The summed E-state index contributed by atoms with van der Waals surface area (Å²) in [7, 11) is 1.85. The number of nitrogens with zero attached hydrogens (tertiary/aromatic N) is 3. The molecule has 0 radical (unpaired) electrons. The first-order chi connectivity index (χ1) is 10.2. The molecule has 3 rings (SSSR count). The summed E-state index contributed by atoms with van der Waals surface area (Å²) in [6.07, 6.45) is 4.95. The van der Waals surface area contributed by atoms with Crippen molar-refractivity contribution in [2.45, 2.75) is 25.3 Å². The summed E-state index contributed by atoms with van der Waals surface area (Å²) >= 11 is 0. The van der Waals surface area contributed by atoms with Crippen molar-refractivity contribution in [3.63, 3.8) is 0 Å². The number of rotatable bonds is 5. The molecular formula is C14H18N4O3. The molecular weight excluding hydrogens is 272 g/mol. The standard InChI is InChI=1S/C14H18N4O3/c1-18(11-4-6-15-8-11)13(19)3-2-12-16-14(17-21-12)10-5-7-20-9-10/h5,7,9,11,15H,2-4,6,8H2,1H3. The van der Waals surface area contributed by atoms with Crippen LogP contribution in [0.4, 0.5) is 0 Å². The van der Waals surface area contributed by atoms with Gasteiger partial charge in [-0.2, -0.15) is 4.98 Å². The Hall–Kier alpha value is -2.15. The minimum absolute atomic E-state index is 0.103. The quantitative estimate of drug-likeness (QED) is 0.887. The summed E-state index contributed by atoms with van der Waals surface area (Å²) in [5.74, 6) is 1.06. The summed E-state index contributed by atoms with van der Waals surface area (Å²) in [6.45, 7) is 1.84. The highest BCUT2D eigenvalue weighted by Gasteiger charge is 2.23. The molecule has 3 heterocycles. The lowest BCUT2D eigenvalue weighted by Crippen LogP contribution is -2.38. The SMILES string of the molecule is CN(C(=O)CCc1nc(-c2ccoc2)no1)C1CCNC1. The Kier molecular flexibility index (Phi) is 4.01. The maximum Gasteiger partial charge on any atom is 0.227 e. The van der Waals surface area contributed by atoms with Crippen molar-refractivity contribution in [2.75, 3.05) is 20.1 Å². The topological polar surface area (TPSA) is 84.4 Å². The van der Waals surface area contributed by atoms with E-state index in [0.717, 1.165) is 25.1 Å². The van der Waals surface area contributed by atoms with Gasteiger partial charge < -0.3 is 19.2 Å². The van der Waals surface area contributed by atoms with Gasteiger partial charge in [-0.25, -0.2) is 0 Å². The number of carbonyl (C=O) groups excluding carboxylic acids is 1. The Bertz CT molecular complexity index is 587. The van der Waals surface area contributed by atoms with Gasteiger partial charge in [0.25, 0.3) is 0 Å². The Balaban J connectivity index is 1.54. The van der Waals surface area contributed by atoms with Gasteiger partial charge in [-0.15, -0.1) is 0 Å². The maximum absolute atomic E-state index is 12.1. The number of likely N-dealkylation sites (N-methyl/N-ethyl adjacent to an activating group) is 1. The number of amides is 1. The third kappa shape index (κ3) is 3.13. The summed E-state index contributed by atoms with van der Waals surface area (Å²) in [5.41, 5.74) is 0.769. The molecule has 0 aliphatic carbocycles. The normalized spacial score (nSPS) is 18.0. The highest BCUT2D eigenvalue weighted by molar-refractivity contribution is 5.76. The molecule has 0 aromatic carbocycles. The molecule has 1 amide bonds. The van der Waals surface area contributed by atoms with Crippen molar-refractivity contribution in [1.29, 1.82) is 0 Å². The Morgan fingerprint density at radius 2 is 2.48 bits per heavy atom. The zero-order chi connectivity index (χ0) is 14.7. The lowest BCUT2D eigenvalue weighted by Gasteiger charge is -2.23. The number of furan rings is 1. The lowest BCUT2D eigenvalue weighted by atomic mass is 10.2. The monoisotopic (exact) mass is 290 g/mol. The van der Waals surface area contributed by atoms with Crippen LogP contribution >= 0.6 is 0 Å². The molecule has 1 N–H and O–H groups in total. The number of aromatic nitrogens is 2. The van der Waals surface area contributed by atoms with E-state index in [4.69, 9.17) is 8.94 Å². The number of hydrogen-bond donors (Lipinski definition) is 1. The number of aryl methyl sites for hydroxylation is 1. The second-order valence-electron chi connectivity index (χ2n) is 5.18. The average Bonchev–Trinajstić information content (AvgIpc) is 3.25. The highest BCUT2D eigenvalue weighted by atomic mass is 16.5. The van der Waals surface area contributed by atoms with Crippen LogP contribution in [0.3, 0.4) is 0 Å². The maximum atomic E-state index is 12.1. The predicted molar refractivity (Wildman–Crippen MR) is 74.4 cm³/mol. The summed E-state index contributed by atoms with van der Waals surface area (Å²) < 4.78 is 10.1. The van der Waals surface area contributed by atoms with Gasteiger partial charge in [0.2, 0.25) is 17.6 Å². The van der Waals surface area contributed by atoms with Crippen molar-refractivity contribution >= 4 is 5.91 Å². The molecule has 7 heteroatoms. The number of hydrogen-bond acceptors (Lipinski definition) is 6. The molecule has 2 aromatic rings. The molecule has 7 nitrogen and oxygen atoms in total. The zero-order valence-electron chi connectivity index (χ0n) is 11.9. The van der Waals surface area contributed by atoms with E-state index in [1.165, 1.54) is 0 Å². The van der Waals surface area contributed by atoms with E-state index in [2.05, 4.69) is 15.5 Å². The molecule has 1 fully saturated rings. The van der Waals surface area contributed by atoms with E-state index in [1.54, 1.807) is 18.6 Å². The first kappa shape index (κ1) is 13.8. The Morgan fingerprint density at radius 3 is 3.19 bits per heavy atom. The van der Waals surface area contributed by atoms with Crippen LogP contribution in [0.2, 0.25) is 0 Å². The van der Waals surface area contributed by atoms with E-state index in [9.17, 15) is 4.79 Å². The van der Waals surface area contributed by atoms with E-state index in [-0.39, 0.29) is 5.91 Å². The Labute approximate surface area is 122 Å². The molecule has 0 spiro atoms. The highest BCUT2D eigenvalue weighted by Crippen LogP contribution is 2.16. The molecule has 112 valence electrons. The first-order valence-electron chi connectivity index (χ1n) is 7.05. The molecule has 21 heavy (non-hydrogen) atoms. The van der Waals surface area contributed by atoms with E-state index in [0.29, 0.717) is 30.6 Å². The van der Waals surface area contributed by atoms with Gasteiger partial charge in [-0.1, -0.05) is 5.16 Å². The smallest absolute Gasteiger partial charge is 0.227 e. The fourth-order valence-corrected chi connectivity index (χ4v) is 2.43. The van der Waals surface area contributed by atoms with Crippen molar-refractivity contribution in [2.24, 2.45) is 0 Å². The second-order valence-corrected chi connectivity index (χ2v) is 5.18. The van der Waals surface area contributed by atoms with Gasteiger partial charge >= 0.3 is 0 Å². The molecule has 1 aliphatic heterocycles. The van der Waals surface area contributed by atoms with Gasteiger partial charge in [-0.05, 0) is 19.0 Å². The fourth-order valence-electron chi connectivity index (χ4n) is 2.43. The number of nitrogens with one attached hydrogen (secondary N) is 1. The summed E-state index contributed by atoms with van der Waals surface area (Å²) in [5, 5.41) is 7.14. The minimum atomic E-state index is 0.103. The molecule has 1 atom stereocenters. The van der Waals surface area contributed by atoms with Gasteiger partial charge in [0.05, 0.1) is 11.8 Å². The predicted octanol–water partition coefficient (Wildman–Crippen LogP) is 1.08. The molecule has 1 aliphatic rings. The van der Waals surface area contributed by atoms with E-state index < -0.39 is 0 Å². The molecule has 0 bridgehead atoms. The largest absolute Gasteiger partial charge is 0.472 e. The molecule has 1 saturated heterocycles. The van der Waals surface area contributed by atoms with Crippen LogP contribution in [0, 0.1) is 0 Å². The van der Waals surface area contributed by atoms with Crippen LogP contribution in [-0.4, -0.2) is 47.1 Å². The average molecular weight is 290 g/mol. The third-order valence-electron chi connectivity index (χ3n) is 3.78. The van der Waals surface area contributed by atoms with Crippen molar-refractivity contribution in [1.82, 2.24) is 20.4 Å². The van der Waals surface area contributed by atoms with Crippen molar-refractivity contribution < 1.29 is 13.7 Å². The van der Waals surface area contributed by atoms with Crippen LogP contribution in [0.5, 0.6) is 0 Å². The molecule has 2 aromatic heterocycles. The van der Waals surface area contributed by atoms with Crippen LogP contribution in [0.15, 0.2) is 27.5 Å². The number of carbonyl (C=O) groups is 1. The first-order valence-corrected chi connectivity index (χ1v) is 7.05. The fraction of sp³-hybridized carbons (Fsp3) is 0.500. The third-order valence-corrected chi connectivity index (χ3v) is 3.78. The van der Waals surface area contributed by atoms with Gasteiger partial charge in [0.15, 0.2) is 0 Å². The van der Waals surface area contributed by atoms with Crippen molar-refractivity contribution in [3.05, 3.63) is 24.5 Å². The molecule has 0 saturated carbocycles. The summed E-state index contributed by atoms with van der Waals surface area (Å²) in [4.78, 5) is 18.2. The van der Waals surface area contributed by atoms with Gasteiger partial charge in [0.1, 0.15) is 6.26 Å². The molecule has 1 unspecified atom stereocenters. The van der Waals surface area contributed by atoms with Gasteiger partial charge in [0, 0.05) is 32.5 Å². The summed E-state index contributed by atoms with van der Waals surface area (Å²) in [6, 6.07) is 2.06. The minimum Gasteiger partial charge on any atom is -0.472 e. The van der Waals surface area contributed by atoms with Crippen LogP contribution in [0.1, 0.15) is 18.7 Å². The van der Waals surface area contributed by atoms with Crippen molar-refractivity contribution in [3.8, 4) is 11.4 Å². The lowest BCUT2D eigenvalue weighted by molar-refractivity contribution is -0.131. The zero-order valence-corrected chi connectivity index (χ0v) is 11.9. The van der Waals surface area contributed by atoms with E-state index >= 15 is 0 Å². The van der Waals surface area contributed by atoms with Crippen LogP contribution in [-0.2, 0) is 11.2 Å². The van der Waals surface area contributed by atoms with Crippen LogP contribution < -0.4 is 5.32 Å². The second kappa shape index (κ2) is 6.09. The Morgan fingerprint density at radius 1 is 1.57 bits per heavy atom. The van der Waals surface area contributed by atoms with E-state index in [1.807, 2.05) is 11.9 Å². The van der Waals surface area contributed by atoms with Crippen LogP contribution in [0.25, 0.3) is 11.4 Å². The van der Waals surface area contributed by atoms with Gasteiger partial charge in [-0.3, -0.25) is 4.79 Å².